The highest BCUT2D eigenvalue weighted by molar-refractivity contribution is 5.97. The van der Waals surface area contributed by atoms with Crippen LogP contribution in [0.5, 0.6) is 0 Å². The second-order valence-electron chi connectivity index (χ2n) is 8.03. The maximum absolute atomic E-state index is 13.2. The molecule has 0 bridgehead atoms. The molecule has 2 heterocycles. The highest BCUT2D eigenvalue weighted by atomic mass is 16.2. The first-order chi connectivity index (χ1) is 14.2. The monoisotopic (exact) mass is 390 g/mol. The van der Waals surface area contributed by atoms with Crippen LogP contribution >= 0.6 is 0 Å². The number of carbonyl (C=O) groups is 1. The molecular weight excluding hydrogens is 360 g/mol. The SMILES string of the molecule is CCN(C(=O)c1cc2ncccc2[nH]1)[C@H]1CCC[C@@H](N[C@H](C)c2ccccc2)C1. The number of aromatic amines is 1. The molecule has 152 valence electrons. The van der Waals surface area contributed by atoms with Crippen LogP contribution in [0.1, 0.15) is 61.6 Å². The molecule has 1 fully saturated rings. The molecule has 4 rings (SSSR count). The highest BCUT2D eigenvalue weighted by Crippen LogP contribution is 2.27. The van der Waals surface area contributed by atoms with E-state index in [1.54, 1.807) is 6.20 Å². The Morgan fingerprint density at radius 2 is 2.07 bits per heavy atom. The summed E-state index contributed by atoms with van der Waals surface area (Å²) in [6, 6.07) is 17.3. The predicted molar refractivity (Wildman–Crippen MR) is 117 cm³/mol. The largest absolute Gasteiger partial charge is 0.349 e. The number of benzene rings is 1. The van der Waals surface area contributed by atoms with Gasteiger partial charge in [0, 0.05) is 30.9 Å². The summed E-state index contributed by atoms with van der Waals surface area (Å²) < 4.78 is 0. The minimum Gasteiger partial charge on any atom is -0.349 e. The lowest BCUT2D eigenvalue weighted by atomic mass is 9.89. The molecule has 2 aromatic heterocycles. The maximum Gasteiger partial charge on any atom is 0.270 e. The number of carbonyl (C=O) groups excluding carboxylic acids is 1. The third-order valence-electron chi connectivity index (χ3n) is 6.09. The number of fused-ring (bicyclic) bond motifs is 1. The molecule has 0 spiro atoms. The smallest absolute Gasteiger partial charge is 0.270 e. The summed E-state index contributed by atoms with van der Waals surface area (Å²) >= 11 is 0. The number of amides is 1. The summed E-state index contributed by atoms with van der Waals surface area (Å²) in [6.07, 6.45) is 6.12. The number of nitrogens with one attached hydrogen (secondary N) is 2. The van der Waals surface area contributed by atoms with Crippen LogP contribution in [-0.4, -0.2) is 39.4 Å². The molecule has 0 radical (unpaired) electrons. The van der Waals surface area contributed by atoms with E-state index >= 15 is 0 Å². The average molecular weight is 391 g/mol. The number of aromatic nitrogens is 2. The Bertz CT molecular complexity index is 919. The molecule has 0 aliphatic heterocycles. The molecule has 1 aliphatic rings. The van der Waals surface area contributed by atoms with E-state index in [4.69, 9.17) is 0 Å². The van der Waals surface area contributed by atoms with E-state index in [2.05, 4.69) is 59.5 Å². The fourth-order valence-electron chi connectivity index (χ4n) is 4.58. The van der Waals surface area contributed by atoms with E-state index in [1.807, 2.05) is 23.1 Å². The van der Waals surface area contributed by atoms with Crippen molar-refractivity contribution in [1.29, 1.82) is 0 Å². The molecule has 1 aliphatic carbocycles. The van der Waals surface area contributed by atoms with Gasteiger partial charge in [0.1, 0.15) is 5.69 Å². The van der Waals surface area contributed by atoms with Gasteiger partial charge in [0.2, 0.25) is 0 Å². The molecule has 1 saturated carbocycles. The van der Waals surface area contributed by atoms with Gasteiger partial charge < -0.3 is 15.2 Å². The van der Waals surface area contributed by atoms with Gasteiger partial charge in [0.15, 0.2) is 0 Å². The maximum atomic E-state index is 13.2. The third kappa shape index (κ3) is 4.35. The zero-order valence-corrected chi connectivity index (χ0v) is 17.3. The molecule has 5 heteroatoms. The number of hydrogen-bond acceptors (Lipinski definition) is 3. The van der Waals surface area contributed by atoms with E-state index in [0.29, 0.717) is 24.3 Å². The van der Waals surface area contributed by atoms with Crippen molar-refractivity contribution in [3.63, 3.8) is 0 Å². The van der Waals surface area contributed by atoms with Gasteiger partial charge in [0.05, 0.1) is 11.0 Å². The van der Waals surface area contributed by atoms with Crippen molar-refractivity contribution in [1.82, 2.24) is 20.2 Å². The van der Waals surface area contributed by atoms with Crippen molar-refractivity contribution >= 4 is 16.9 Å². The van der Waals surface area contributed by atoms with Gasteiger partial charge in [-0.3, -0.25) is 9.78 Å². The lowest BCUT2D eigenvalue weighted by Gasteiger charge is -2.38. The van der Waals surface area contributed by atoms with Crippen molar-refractivity contribution in [2.75, 3.05) is 6.54 Å². The van der Waals surface area contributed by atoms with Crippen LogP contribution in [-0.2, 0) is 0 Å². The van der Waals surface area contributed by atoms with Crippen LogP contribution in [0.2, 0.25) is 0 Å². The van der Waals surface area contributed by atoms with Crippen LogP contribution in [0.25, 0.3) is 11.0 Å². The Hall–Kier alpha value is -2.66. The quantitative estimate of drug-likeness (QED) is 0.642. The van der Waals surface area contributed by atoms with E-state index < -0.39 is 0 Å². The Kier molecular flexibility index (Phi) is 5.95. The molecule has 0 saturated heterocycles. The highest BCUT2D eigenvalue weighted by Gasteiger charge is 2.30. The normalized spacial score (nSPS) is 20.5. The molecule has 2 N–H and O–H groups in total. The first-order valence-corrected chi connectivity index (χ1v) is 10.7. The molecule has 5 nitrogen and oxygen atoms in total. The molecule has 0 unspecified atom stereocenters. The van der Waals surface area contributed by atoms with Crippen LogP contribution in [0.15, 0.2) is 54.7 Å². The summed E-state index contributed by atoms with van der Waals surface area (Å²) in [5, 5.41) is 3.79. The number of rotatable bonds is 6. The van der Waals surface area contributed by atoms with Gasteiger partial charge in [-0.05, 0) is 63.3 Å². The van der Waals surface area contributed by atoms with E-state index in [9.17, 15) is 4.79 Å². The zero-order valence-electron chi connectivity index (χ0n) is 17.3. The van der Waals surface area contributed by atoms with Gasteiger partial charge >= 0.3 is 0 Å². The van der Waals surface area contributed by atoms with Crippen LogP contribution in [0.4, 0.5) is 0 Å². The number of H-pyrrole nitrogens is 1. The lowest BCUT2D eigenvalue weighted by Crippen LogP contribution is -2.47. The minimum absolute atomic E-state index is 0.0762. The Morgan fingerprint density at radius 1 is 1.24 bits per heavy atom. The van der Waals surface area contributed by atoms with Gasteiger partial charge in [-0.2, -0.15) is 0 Å². The molecular formula is C24H30N4O. The first kappa shape index (κ1) is 19.6. The van der Waals surface area contributed by atoms with Crippen molar-refractivity contribution in [3.8, 4) is 0 Å². The topological polar surface area (TPSA) is 61.0 Å². The van der Waals surface area contributed by atoms with Gasteiger partial charge in [-0.25, -0.2) is 0 Å². The van der Waals surface area contributed by atoms with Crippen molar-refractivity contribution in [2.45, 2.75) is 57.7 Å². The van der Waals surface area contributed by atoms with E-state index in [-0.39, 0.29) is 11.9 Å². The minimum atomic E-state index is 0.0762. The van der Waals surface area contributed by atoms with E-state index in [1.165, 1.54) is 5.56 Å². The van der Waals surface area contributed by atoms with Crippen LogP contribution < -0.4 is 5.32 Å². The van der Waals surface area contributed by atoms with Crippen LogP contribution in [0.3, 0.4) is 0 Å². The van der Waals surface area contributed by atoms with Gasteiger partial charge in [-0.15, -0.1) is 0 Å². The van der Waals surface area contributed by atoms with Crippen molar-refractivity contribution in [2.24, 2.45) is 0 Å². The summed E-state index contributed by atoms with van der Waals surface area (Å²) in [7, 11) is 0. The van der Waals surface area contributed by atoms with Crippen molar-refractivity contribution in [3.05, 3.63) is 66.0 Å². The summed E-state index contributed by atoms with van der Waals surface area (Å²) in [5.74, 6) is 0.0762. The molecule has 1 aromatic carbocycles. The summed E-state index contributed by atoms with van der Waals surface area (Å²) in [5.41, 5.74) is 3.69. The standard InChI is InChI=1S/C24H30N4O/c1-3-28(24(29)23-16-22-21(27-23)13-8-14-25-22)20-12-7-11-19(15-20)26-17(2)18-9-5-4-6-10-18/h4-6,8-10,13-14,16-17,19-20,26-27H,3,7,11-12,15H2,1-2H3/t17-,19-,20+/m1/s1. The molecule has 3 aromatic rings. The average Bonchev–Trinajstić information content (AvgIpc) is 3.19. The molecule has 29 heavy (non-hydrogen) atoms. The fraction of sp³-hybridized carbons (Fsp3) is 0.417. The lowest BCUT2D eigenvalue weighted by molar-refractivity contribution is 0.0620. The second kappa shape index (κ2) is 8.78. The Labute approximate surface area is 172 Å². The molecule has 3 atom stereocenters. The second-order valence-corrected chi connectivity index (χ2v) is 8.03. The summed E-state index contributed by atoms with van der Waals surface area (Å²) in [6.45, 7) is 5.01. The zero-order chi connectivity index (χ0) is 20.2. The van der Waals surface area contributed by atoms with E-state index in [0.717, 1.165) is 36.7 Å². The first-order valence-electron chi connectivity index (χ1n) is 10.7. The fourth-order valence-corrected chi connectivity index (χ4v) is 4.58. The molecule has 1 amide bonds. The number of pyridine rings is 1. The summed E-state index contributed by atoms with van der Waals surface area (Å²) in [4.78, 5) is 22.9. The van der Waals surface area contributed by atoms with Gasteiger partial charge in [-0.1, -0.05) is 30.3 Å². The van der Waals surface area contributed by atoms with Gasteiger partial charge in [0.25, 0.3) is 5.91 Å². The third-order valence-corrected chi connectivity index (χ3v) is 6.09. The number of hydrogen-bond donors (Lipinski definition) is 2. The van der Waals surface area contributed by atoms with Crippen molar-refractivity contribution < 1.29 is 4.79 Å². The Balaban J connectivity index is 1.44. The number of nitrogens with zero attached hydrogens (tertiary/aromatic N) is 2. The van der Waals surface area contributed by atoms with Crippen LogP contribution in [0, 0.1) is 0 Å². The predicted octanol–water partition coefficient (Wildman–Crippen LogP) is 4.69. The Morgan fingerprint density at radius 3 is 2.83 bits per heavy atom.